The second-order valence-electron chi connectivity index (χ2n) is 2.90. The zero-order valence-electron chi connectivity index (χ0n) is 6.06. The summed E-state index contributed by atoms with van der Waals surface area (Å²) in [6.45, 7) is 1.69. The van der Waals surface area contributed by atoms with Crippen molar-refractivity contribution in [1.82, 2.24) is 0 Å². The Hall–Kier alpha value is 0.560. The SMILES string of the molecule is C[N+](C)(C)CCOSCl. The zero-order chi connectivity index (χ0) is 7.33. The van der Waals surface area contributed by atoms with Crippen LogP contribution in [0.3, 0.4) is 0 Å². The second-order valence-corrected chi connectivity index (χ2v) is 3.64. The Balaban J connectivity index is 3.07. The van der Waals surface area contributed by atoms with E-state index in [1.54, 1.807) is 0 Å². The molecule has 0 saturated carbocycles. The molecule has 0 fully saturated rings. The molecule has 2 nitrogen and oxygen atoms in total. The van der Waals surface area contributed by atoms with Gasteiger partial charge in [0.25, 0.3) is 0 Å². The smallest absolute Gasteiger partial charge is 0.112 e. The predicted octanol–water partition coefficient (Wildman–Crippen LogP) is 1.51. The van der Waals surface area contributed by atoms with E-state index in [1.165, 1.54) is 0 Å². The van der Waals surface area contributed by atoms with Crippen LogP contribution < -0.4 is 0 Å². The van der Waals surface area contributed by atoms with Gasteiger partial charge in [0.1, 0.15) is 24.4 Å². The molecule has 0 atom stereocenters. The van der Waals surface area contributed by atoms with Crippen molar-refractivity contribution in [2.45, 2.75) is 0 Å². The standard InChI is InChI=1S/C5H13ClNOS/c1-7(2,3)4-5-8-9-6/h4-5H2,1-3H3/q+1. The topological polar surface area (TPSA) is 9.23 Å². The molecule has 0 radical (unpaired) electrons. The van der Waals surface area contributed by atoms with Gasteiger partial charge in [-0.3, -0.25) is 4.18 Å². The van der Waals surface area contributed by atoms with Crippen LogP contribution in [0.1, 0.15) is 0 Å². The fourth-order valence-electron chi connectivity index (χ4n) is 0.343. The van der Waals surface area contributed by atoms with Crippen molar-refractivity contribution >= 4 is 21.9 Å². The monoisotopic (exact) mass is 170 g/mol. The third kappa shape index (κ3) is 8.56. The average molecular weight is 171 g/mol. The highest BCUT2D eigenvalue weighted by molar-refractivity contribution is 8.17. The van der Waals surface area contributed by atoms with Gasteiger partial charge < -0.3 is 4.48 Å². The molecule has 56 valence electrons. The van der Waals surface area contributed by atoms with Crippen molar-refractivity contribution in [1.29, 1.82) is 0 Å². The maximum absolute atomic E-state index is 5.22. The number of rotatable bonds is 4. The first-order chi connectivity index (χ1) is 4.06. The average Bonchev–Trinajstić information content (AvgIpc) is 1.63. The fourth-order valence-corrected chi connectivity index (χ4v) is 0.669. The number of quaternary nitrogens is 1. The van der Waals surface area contributed by atoms with E-state index in [4.69, 9.17) is 14.9 Å². The Morgan fingerprint density at radius 3 is 2.33 bits per heavy atom. The molecule has 0 aromatic heterocycles. The first-order valence-corrected chi connectivity index (χ1v) is 4.34. The maximum Gasteiger partial charge on any atom is 0.112 e. The van der Waals surface area contributed by atoms with Gasteiger partial charge in [-0.15, -0.1) is 0 Å². The number of nitrogens with zero attached hydrogens (tertiary/aromatic N) is 1. The second kappa shape index (κ2) is 4.39. The van der Waals surface area contributed by atoms with Crippen LogP contribution in [0.4, 0.5) is 0 Å². The quantitative estimate of drug-likeness (QED) is 0.360. The lowest BCUT2D eigenvalue weighted by Gasteiger charge is -2.22. The molecular weight excluding hydrogens is 158 g/mol. The minimum Gasteiger partial charge on any atom is -0.329 e. The van der Waals surface area contributed by atoms with E-state index in [9.17, 15) is 0 Å². The molecule has 0 N–H and O–H groups in total. The molecule has 0 aromatic rings. The molecule has 0 aliphatic heterocycles. The van der Waals surface area contributed by atoms with Crippen molar-refractivity contribution in [2.75, 3.05) is 34.3 Å². The Morgan fingerprint density at radius 2 is 2.00 bits per heavy atom. The summed E-state index contributed by atoms with van der Waals surface area (Å²) in [5.74, 6) is 0. The van der Waals surface area contributed by atoms with E-state index in [1.807, 2.05) is 0 Å². The third-order valence-corrected chi connectivity index (χ3v) is 1.41. The first kappa shape index (κ1) is 9.56. The number of halogens is 1. The lowest BCUT2D eigenvalue weighted by atomic mass is 10.5. The molecule has 0 unspecified atom stereocenters. The van der Waals surface area contributed by atoms with Crippen LogP contribution in [0.5, 0.6) is 0 Å². The molecule has 9 heavy (non-hydrogen) atoms. The van der Waals surface area contributed by atoms with Gasteiger partial charge in [-0.25, -0.2) is 0 Å². The minimum atomic E-state index is 0.706. The molecule has 0 aliphatic rings. The molecular formula is C5H13ClNOS+. The number of hydrogen-bond donors (Lipinski definition) is 0. The largest absolute Gasteiger partial charge is 0.329 e. The Kier molecular flexibility index (Phi) is 4.66. The van der Waals surface area contributed by atoms with Crippen LogP contribution in [0.25, 0.3) is 0 Å². The predicted molar refractivity (Wildman–Crippen MR) is 42.3 cm³/mol. The Labute approximate surface area is 65.4 Å². The van der Waals surface area contributed by atoms with E-state index < -0.39 is 0 Å². The van der Waals surface area contributed by atoms with Crippen LogP contribution in [0, 0.1) is 0 Å². The third-order valence-electron chi connectivity index (χ3n) is 0.890. The molecule has 0 saturated heterocycles. The van der Waals surface area contributed by atoms with Gasteiger partial charge in [0.2, 0.25) is 0 Å². The first-order valence-electron chi connectivity index (χ1n) is 2.77. The Morgan fingerprint density at radius 1 is 1.44 bits per heavy atom. The minimum absolute atomic E-state index is 0.706. The molecule has 0 aromatic carbocycles. The van der Waals surface area contributed by atoms with Gasteiger partial charge in [0.05, 0.1) is 21.1 Å². The summed E-state index contributed by atoms with van der Waals surface area (Å²) in [6.07, 6.45) is 0. The normalized spacial score (nSPS) is 12.0. The van der Waals surface area contributed by atoms with Crippen molar-refractivity contribution < 1.29 is 8.67 Å². The molecule has 0 bridgehead atoms. The van der Waals surface area contributed by atoms with E-state index >= 15 is 0 Å². The summed E-state index contributed by atoms with van der Waals surface area (Å²) in [7, 11) is 11.6. The number of likely N-dealkylation sites (N-methyl/N-ethyl adjacent to an activating group) is 1. The van der Waals surface area contributed by atoms with E-state index in [0.29, 0.717) is 6.61 Å². The van der Waals surface area contributed by atoms with Crippen molar-refractivity contribution in [3.63, 3.8) is 0 Å². The van der Waals surface area contributed by atoms with Crippen molar-refractivity contribution in [2.24, 2.45) is 0 Å². The van der Waals surface area contributed by atoms with Crippen molar-refractivity contribution in [3.8, 4) is 0 Å². The van der Waals surface area contributed by atoms with E-state index in [0.717, 1.165) is 22.3 Å². The van der Waals surface area contributed by atoms with Gasteiger partial charge in [0, 0.05) is 0 Å². The Bertz CT molecular complexity index is 73.8. The summed E-state index contributed by atoms with van der Waals surface area (Å²) in [4.78, 5) is 0. The van der Waals surface area contributed by atoms with Crippen LogP contribution in [0.15, 0.2) is 0 Å². The van der Waals surface area contributed by atoms with Gasteiger partial charge in [-0.05, 0) is 10.7 Å². The van der Waals surface area contributed by atoms with Crippen LogP contribution in [-0.2, 0) is 4.18 Å². The highest BCUT2D eigenvalue weighted by Gasteiger charge is 2.04. The summed E-state index contributed by atoms with van der Waals surface area (Å²) in [5.41, 5.74) is 0. The summed E-state index contributed by atoms with van der Waals surface area (Å²) < 4.78 is 5.79. The molecule has 0 amide bonds. The fraction of sp³-hybridized carbons (Fsp3) is 1.00. The summed E-state index contributed by atoms with van der Waals surface area (Å²) in [6, 6.07) is 0. The molecule has 4 heteroatoms. The molecule has 0 rings (SSSR count). The van der Waals surface area contributed by atoms with Crippen LogP contribution in [0.2, 0.25) is 0 Å². The molecule has 0 aliphatic carbocycles. The van der Waals surface area contributed by atoms with Gasteiger partial charge in [0.15, 0.2) is 0 Å². The number of hydrogen-bond acceptors (Lipinski definition) is 2. The van der Waals surface area contributed by atoms with Gasteiger partial charge >= 0.3 is 0 Å². The molecule has 0 spiro atoms. The lowest BCUT2D eigenvalue weighted by Crippen LogP contribution is -2.37. The zero-order valence-corrected chi connectivity index (χ0v) is 7.63. The summed E-state index contributed by atoms with van der Waals surface area (Å²) in [5, 5.41) is 0. The highest BCUT2D eigenvalue weighted by atomic mass is 35.7. The lowest BCUT2D eigenvalue weighted by molar-refractivity contribution is -0.870. The van der Waals surface area contributed by atoms with Crippen LogP contribution in [-0.4, -0.2) is 38.8 Å². The van der Waals surface area contributed by atoms with Gasteiger partial charge in [-0.1, -0.05) is 0 Å². The van der Waals surface area contributed by atoms with Crippen LogP contribution >= 0.6 is 21.9 Å². The summed E-state index contributed by atoms with van der Waals surface area (Å²) >= 11 is 0.905. The molecule has 0 heterocycles. The van der Waals surface area contributed by atoms with E-state index in [2.05, 4.69) is 21.1 Å². The van der Waals surface area contributed by atoms with Gasteiger partial charge in [-0.2, -0.15) is 0 Å². The van der Waals surface area contributed by atoms with Crippen molar-refractivity contribution in [3.05, 3.63) is 0 Å². The maximum atomic E-state index is 5.22. The highest BCUT2D eigenvalue weighted by Crippen LogP contribution is 2.06. The van der Waals surface area contributed by atoms with E-state index in [-0.39, 0.29) is 0 Å².